The molecule has 2 rings (SSSR count). The molecule has 2 heterocycles. The number of furan rings is 1. The van der Waals surface area contributed by atoms with Gasteiger partial charge in [-0.2, -0.15) is 0 Å². The van der Waals surface area contributed by atoms with Crippen molar-refractivity contribution in [2.24, 2.45) is 0 Å². The van der Waals surface area contributed by atoms with Crippen LogP contribution in [0.1, 0.15) is 39.4 Å². The molecule has 0 spiro atoms. The van der Waals surface area contributed by atoms with Crippen LogP contribution in [0.3, 0.4) is 0 Å². The summed E-state index contributed by atoms with van der Waals surface area (Å²) in [6.45, 7) is 6.27. The van der Waals surface area contributed by atoms with Gasteiger partial charge in [-0.05, 0) is 45.7 Å². The molecule has 0 saturated carbocycles. The van der Waals surface area contributed by atoms with Gasteiger partial charge in [-0.1, -0.05) is 6.08 Å². The van der Waals surface area contributed by atoms with E-state index in [-0.39, 0.29) is 6.09 Å². The minimum atomic E-state index is -0.483. The number of allylic oxidation sites excluding steroid dienone is 1. The fourth-order valence-electron chi connectivity index (χ4n) is 1.88. The van der Waals surface area contributed by atoms with Gasteiger partial charge in [-0.3, -0.25) is 4.90 Å². The van der Waals surface area contributed by atoms with Gasteiger partial charge in [0, 0.05) is 6.54 Å². The van der Waals surface area contributed by atoms with E-state index in [2.05, 4.69) is 0 Å². The summed E-state index contributed by atoms with van der Waals surface area (Å²) < 4.78 is 10.8. The van der Waals surface area contributed by atoms with E-state index in [9.17, 15) is 4.79 Å². The molecule has 0 aromatic carbocycles. The van der Waals surface area contributed by atoms with Crippen LogP contribution in [0.2, 0.25) is 0 Å². The first kappa shape index (κ1) is 12.7. The first-order valence-electron chi connectivity index (χ1n) is 6.22. The van der Waals surface area contributed by atoms with E-state index in [1.165, 1.54) is 0 Å². The summed E-state index contributed by atoms with van der Waals surface area (Å²) >= 11 is 0. The zero-order valence-electron chi connectivity index (χ0n) is 11.1. The molecule has 1 aromatic heterocycles. The quantitative estimate of drug-likeness (QED) is 0.763. The molecule has 1 aliphatic heterocycles. The maximum Gasteiger partial charge on any atom is 0.414 e. The van der Waals surface area contributed by atoms with E-state index >= 15 is 0 Å². The molecular weight excluding hydrogens is 230 g/mol. The van der Waals surface area contributed by atoms with Crippen LogP contribution in [0.15, 0.2) is 28.9 Å². The van der Waals surface area contributed by atoms with Crippen molar-refractivity contribution in [3.63, 3.8) is 0 Å². The Balaban J connectivity index is 2.18. The standard InChI is InChI=1S/C14H19NO3/c1-14(2,3)18-13(16)15-9-5-4-7-11(15)12-8-6-10-17-12/h6-8,10H,4-5,9H2,1-3H3. The number of hydrogen-bond acceptors (Lipinski definition) is 3. The van der Waals surface area contributed by atoms with Gasteiger partial charge in [0.15, 0.2) is 0 Å². The molecule has 1 aliphatic rings. The highest BCUT2D eigenvalue weighted by Crippen LogP contribution is 2.26. The lowest BCUT2D eigenvalue weighted by molar-refractivity contribution is 0.0344. The molecule has 0 unspecified atom stereocenters. The van der Waals surface area contributed by atoms with Crippen LogP contribution in [-0.2, 0) is 4.74 Å². The molecule has 4 heteroatoms. The van der Waals surface area contributed by atoms with E-state index in [1.54, 1.807) is 11.2 Å². The molecule has 1 aromatic rings. The highest BCUT2D eigenvalue weighted by Gasteiger charge is 2.27. The Bertz CT molecular complexity index is 440. The summed E-state index contributed by atoms with van der Waals surface area (Å²) in [4.78, 5) is 13.8. The number of carbonyl (C=O) groups is 1. The third-order valence-electron chi connectivity index (χ3n) is 2.60. The van der Waals surface area contributed by atoms with Gasteiger partial charge >= 0.3 is 6.09 Å². The van der Waals surface area contributed by atoms with Crippen molar-refractivity contribution in [2.75, 3.05) is 6.54 Å². The smallest absolute Gasteiger partial charge is 0.414 e. The second kappa shape index (κ2) is 4.88. The number of carbonyl (C=O) groups excluding carboxylic acids is 1. The van der Waals surface area contributed by atoms with Crippen molar-refractivity contribution in [2.45, 2.75) is 39.2 Å². The molecule has 0 bridgehead atoms. The zero-order chi connectivity index (χ0) is 13.2. The van der Waals surface area contributed by atoms with Crippen molar-refractivity contribution in [3.8, 4) is 0 Å². The fraction of sp³-hybridized carbons (Fsp3) is 0.500. The summed E-state index contributed by atoms with van der Waals surface area (Å²) in [5.41, 5.74) is 0.323. The van der Waals surface area contributed by atoms with Gasteiger partial charge in [-0.25, -0.2) is 4.79 Å². The first-order chi connectivity index (χ1) is 8.47. The van der Waals surface area contributed by atoms with E-state index in [4.69, 9.17) is 9.15 Å². The number of rotatable bonds is 1. The Morgan fingerprint density at radius 2 is 2.22 bits per heavy atom. The zero-order valence-corrected chi connectivity index (χ0v) is 11.1. The third kappa shape index (κ3) is 2.94. The average Bonchev–Trinajstić information content (AvgIpc) is 2.80. The molecule has 18 heavy (non-hydrogen) atoms. The largest absolute Gasteiger partial charge is 0.463 e. The van der Waals surface area contributed by atoms with Crippen LogP contribution in [0.4, 0.5) is 4.79 Å². The maximum absolute atomic E-state index is 12.1. The topological polar surface area (TPSA) is 42.7 Å². The summed E-state index contributed by atoms with van der Waals surface area (Å²) in [6.07, 6.45) is 5.22. The van der Waals surface area contributed by atoms with Gasteiger partial charge in [-0.15, -0.1) is 0 Å². The highest BCUT2D eigenvalue weighted by molar-refractivity contribution is 5.81. The fourth-order valence-corrected chi connectivity index (χ4v) is 1.88. The van der Waals surface area contributed by atoms with Gasteiger partial charge in [0.1, 0.15) is 11.4 Å². The maximum atomic E-state index is 12.1. The van der Waals surface area contributed by atoms with Crippen molar-refractivity contribution in [1.82, 2.24) is 4.90 Å². The molecule has 98 valence electrons. The number of ether oxygens (including phenoxy) is 1. The molecule has 0 aliphatic carbocycles. The summed E-state index contributed by atoms with van der Waals surface area (Å²) in [7, 11) is 0. The lowest BCUT2D eigenvalue weighted by Crippen LogP contribution is -2.37. The van der Waals surface area contributed by atoms with Crippen LogP contribution in [-0.4, -0.2) is 23.1 Å². The van der Waals surface area contributed by atoms with Crippen molar-refractivity contribution in [1.29, 1.82) is 0 Å². The molecule has 0 N–H and O–H groups in total. The molecule has 0 radical (unpaired) electrons. The minimum Gasteiger partial charge on any atom is -0.463 e. The lowest BCUT2D eigenvalue weighted by Gasteiger charge is -2.30. The third-order valence-corrected chi connectivity index (χ3v) is 2.60. The summed E-state index contributed by atoms with van der Waals surface area (Å²) in [5, 5.41) is 0. The normalized spacial score (nSPS) is 16.4. The van der Waals surface area contributed by atoms with E-state index in [0.717, 1.165) is 18.5 Å². The Morgan fingerprint density at radius 1 is 1.44 bits per heavy atom. The molecule has 4 nitrogen and oxygen atoms in total. The molecule has 0 saturated heterocycles. The monoisotopic (exact) mass is 249 g/mol. The van der Waals surface area contributed by atoms with Crippen LogP contribution in [0.25, 0.3) is 5.70 Å². The SMILES string of the molecule is CC(C)(C)OC(=O)N1CCCC=C1c1ccco1. The number of amides is 1. The van der Waals surface area contributed by atoms with Gasteiger partial charge in [0.05, 0.1) is 12.0 Å². The summed E-state index contributed by atoms with van der Waals surface area (Å²) in [5.74, 6) is 0.709. The van der Waals surface area contributed by atoms with Gasteiger partial charge in [0.25, 0.3) is 0 Å². The highest BCUT2D eigenvalue weighted by atomic mass is 16.6. The van der Waals surface area contributed by atoms with Crippen LogP contribution < -0.4 is 0 Å². The Kier molecular flexibility index (Phi) is 3.45. The van der Waals surface area contributed by atoms with Crippen molar-refractivity contribution < 1.29 is 13.9 Å². The van der Waals surface area contributed by atoms with Crippen molar-refractivity contribution >= 4 is 11.8 Å². The second-order valence-corrected chi connectivity index (χ2v) is 5.34. The van der Waals surface area contributed by atoms with Crippen LogP contribution >= 0.6 is 0 Å². The molecule has 1 amide bonds. The van der Waals surface area contributed by atoms with Crippen molar-refractivity contribution in [3.05, 3.63) is 30.2 Å². The second-order valence-electron chi connectivity index (χ2n) is 5.34. The number of nitrogens with zero attached hydrogens (tertiary/aromatic N) is 1. The average molecular weight is 249 g/mol. The minimum absolute atomic E-state index is 0.315. The van der Waals surface area contributed by atoms with E-state index in [0.29, 0.717) is 12.3 Å². The van der Waals surface area contributed by atoms with Gasteiger partial charge in [0.2, 0.25) is 0 Å². The Morgan fingerprint density at radius 3 is 2.83 bits per heavy atom. The summed E-state index contributed by atoms with van der Waals surface area (Å²) in [6, 6.07) is 3.67. The molecule has 0 fully saturated rings. The predicted octanol–water partition coefficient (Wildman–Crippen LogP) is 3.65. The lowest BCUT2D eigenvalue weighted by atomic mass is 10.1. The predicted molar refractivity (Wildman–Crippen MR) is 68.9 cm³/mol. The Labute approximate surface area is 107 Å². The van der Waals surface area contributed by atoms with Crippen LogP contribution in [0.5, 0.6) is 0 Å². The molecular formula is C14H19NO3. The number of hydrogen-bond donors (Lipinski definition) is 0. The van der Waals surface area contributed by atoms with Crippen LogP contribution in [0, 0.1) is 0 Å². The van der Waals surface area contributed by atoms with E-state index < -0.39 is 5.60 Å². The van der Waals surface area contributed by atoms with Gasteiger partial charge < -0.3 is 9.15 Å². The Hall–Kier alpha value is -1.71. The first-order valence-corrected chi connectivity index (χ1v) is 6.22. The molecule has 0 atom stereocenters. The van der Waals surface area contributed by atoms with E-state index in [1.807, 2.05) is 39.0 Å².